The third-order valence-corrected chi connectivity index (χ3v) is 3.85. The van der Waals surface area contributed by atoms with Crippen LogP contribution in [-0.4, -0.2) is 12.4 Å². The van der Waals surface area contributed by atoms with Gasteiger partial charge in [0.15, 0.2) is 12.4 Å². The number of Topliss-reactive ketones (excluding diaryl/α,β-unsaturated/α-hetero) is 1. The van der Waals surface area contributed by atoms with E-state index < -0.39 is 0 Å². The van der Waals surface area contributed by atoms with Gasteiger partial charge in [0, 0.05) is 5.56 Å². The Kier molecular flexibility index (Phi) is 5.02. The van der Waals surface area contributed by atoms with Crippen LogP contribution in [0.15, 0.2) is 40.9 Å². The minimum atomic E-state index is -0.389. The van der Waals surface area contributed by atoms with E-state index in [1.165, 1.54) is 24.3 Å². The van der Waals surface area contributed by atoms with Crippen LogP contribution in [0.3, 0.4) is 0 Å². The Balaban J connectivity index is 2.06. The van der Waals surface area contributed by atoms with Crippen LogP contribution in [0.1, 0.15) is 10.4 Å². The zero-order valence-electron chi connectivity index (χ0n) is 10.00. The largest absolute Gasteiger partial charge is 0.484 e. The van der Waals surface area contributed by atoms with Crippen molar-refractivity contribution in [3.05, 3.63) is 62.3 Å². The summed E-state index contributed by atoms with van der Waals surface area (Å²) in [5.74, 6) is -0.250. The molecule has 0 unspecified atom stereocenters. The standard InChI is InChI=1S/C14H8BrCl2FO2/c15-10-6-9(18)2-4-14(10)20-7-13(19)8-1-3-11(16)12(17)5-8/h1-6H,7H2. The highest BCUT2D eigenvalue weighted by molar-refractivity contribution is 9.10. The summed E-state index contributed by atoms with van der Waals surface area (Å²) in [5.41, 5.74) is 0.401. The fraction of sp³-hybridized carbons (Fsp3) is 0.0714. The molecule has 20 heavy (non-hydrogen) atoms. The predicted molar refractivity (Wildman–Crippen MR) is 80.4 cm³/mol. The second kappa shape index (κ2) is 6.57. The first-order valence-corrected chi connectivity index (χ1v) is 7.08. The number of benzene rings is 2. The number of hydrogen-bond donors (Lipinski definition) is 0. The molecule has 0 aliphatic carbocycles. The molecule has 0 N–H and O–H groups in total. The van der Waals surface area contributed by atoms with Gasteiger partial charge in [0.05, 0.1) is 14.5 Å². The average molecular weight is 378 g/mol. The topological polar surface area (TPSA) is 26.3 Å². The van der Waals surface area contributed by atoms with Gasteiger partial charge in [-0.2, -0.15) is 0 Å². The van der Waals surface area contributed by atoms with Gasteiger partial charge in [-0.15, -0.1) is 0 Å². The van der Waals surface area contributed by atoms with Gasteiger partial charge in [-0.3, -0.25) is 4.79 Å². The van der Waals surface area contributed by atoms with Gasteiger partial charge in [0.1, 0.15) is 11.6 Å². The van der Waals surface area contributed by atoms with Crippen LogP contribution >= 0.6 is 39.1 Å². The van der Waals surface area contributed by atoms with Crippen LogP contribution in [0, 0.1) is 5.82 Å². The van der Waals surface area contributed by atoms with E-state index in [2.05, 4.69) is 15.9 Å². The summed E-state index contributed by atoms with van der Waals surface area (Å²) in [6.45, 7) is -0.178. The van der Waals surface area contributed by atoms with Crippen molar-refractivity contribution in [2.24, 2.45) is 0 Å². The predicted octanol–water partition coefficient (Wildman–Crippen LogP) is 5.16. The molecule has 0 aromatic heterocycles. The van der Waals surface area contributed by atoms with Crippen molar-refractivity contribution in [3.63, 3.8) is 0 Å². The monoisotopic (exact) mass is 376 g/mol. The van der Waals surface area contributed by atoms with Crippen LogP contribution < -0.4 is 4.74 Å². The second-order valence-corrected chi connectivity index (χ2v) is 5.58. The number of carbonyl (C=O) groups excluding carboxylic acids is 1. The van der Waals surface area contributed by atoms with Crippen molar-refractivity contribution in [2.45, 2.75) is 0 Å². The van der Waals surface area contributed by atoms with Gasteiger partial charge in [0.25, 0.3) is 0 Å². The molecule has 0 aliphatic rings. The number of hydrogen-bond acceptors (Lipinski definition) is 2. The van der Waals surface area contributed by atoms with Gasteiger partial charge in [-0.1, -0.05) is 23.2 Å². The lowest BCUT2D eigenvalue weighted by atomic mass is 10.1. The molecule has 0 saturated heterocycles. The van der Waals surface area contributed by atoms with Gasteiger partial charge in [-0.25, -0.2) is 4.39 Å². The molecular formula is C14H8BrCl2FO2. The molecule has 6 heteroatoms. The zero-order chi connectivity index (χ0) is 14.7. The smallest absolute Gasteiger partial charge is 0.200 e. The SMILES string of the molecule is O=C(COc1ccc(F)cc1Br)c1ccc(Cl)c(Cl)c1. The lowest BCUT2D eigenvalue weighted by Crippen LogP contribution is -2.11. The quantitative estimate of drug-likeness (QED) is 0.688. The molecular weight excluding hydrogens is 370 g/mol. The number of halogens is 4. The van der Waals surface area contributed by atoms with Gasteiger partial charge in [0.2, 0.25) is 0 Å². The molecule has 0 saturated carbocycles. The number of ether oxygens (including phenoxy) is 1. The normalized spacial score (nSPS) is 10.4. The number of ketones is 1. The van der Waals surface area contributed by atoms with E-state index in [1.54, 1.807) is 12.1 Å². The van der Waals surface area contributed by atoms with Crippen LogP contribution in [0.2, 0.25) is 10.0 Å². The highest BCUT2D eigenvalue weighted by Gasteiger charge is 2.10. The maximum Gasteiger partial charge on any atom is 0.200 e. The van der Waals surface area contributed by atoms with E-state index in [1.807, 2.05) is 0 Å². The maximum atomic E-state index is 12.9. The number of carbonyl (C=O) groups is 1. The molecule has 0 heterocycles. The van der Waals surface area contributed by atoms with Gasteiger partial charge < -0.3 is 4.74 Å². The summed E-state index contributed by atoms with van der Waals surface area (Å²) < 4.78 is 18.7. The van der Waals surface area contributed by atoms with E-state index in [0.29, 0.717) is 25.8 Å². The molecule has 2 aromatic carbocycles. The molecule has 0 radical (unpaired) electrons. The fourth-order valence-corrected chi connectivity index (χ4v) is 2.25. The van der Waals surface area contributed by atoms with E-state index in [4.69, 9.17) is 27.9 Å². The maximum absolute atomic E-state index is 12.9. The Morgan fingerprint density at radius 2 is 1.90 bits per heavy atom. The average Bonchev–Trinajstić information content (AvgIpc) is 2.40. The van der Waals surface area contributed by atoms with E-state index >= 15 is 0 Å². The Hall–Kier alpha value is -1.10. The molecule has 2 nitrogen and oxygen atoms in total. The zero-order valence-corrected chi connectivity index (χ0v) is 13.1. The van der Waals surface area contributed by atoms with Crippen molar-refractivity contribution in [1.29, 1.82) is 0 Å². The lowest BCUT2D eigenvalue weighted by Gasteiger charge is -2.08. The summed E-state index contributed by atoms with van der Waals surface area (Å²) in [6, 6.07) is 8.56. The van der Waals surface area contributed by atoms with Gasteiger partial charge in [-0.05, 0) is 52.3 Å². The molecule has 0 aliphatic heterocycles. The van der Waals surface area contributed by atoms with Crippen molar-refractivity contribution in [3.8, 4) is 5.75 Å². The third-order valence-electron chi connectivity index (χ3n) is 2.49. The summed E-state index contributed by atoms with van der Waals surface area (Å²) in [5, 5.41) is 0.686. The first kappa shape index (κ1) is 15.3. The summed E-state index contributed by atoms with van der Waals surface area (Å²) in [6.07, 6.45) is 0. The Morgan fingerprint density at radius 1 is 1.15 bits per heavy atom. The lowest BCUT2D eigenvalue weighted by molar-refractivity contribution is 0.0921. The highest BCUT2D eigenvalue weighted by Crippen LogP contribution is 2.26. The molecule has 104 valence electrons. The summed E-state index contributed by atoms with van der Waals surface area (Å²) >= 11 is 14.8. The Labute approximate surface area is 133 Å². The molecule has 0 spiro atoms. The van der Waals surface area contributed by atoms with Crippen molar-refractivity contribution < 1.29 is 13.9 Å². The van der Waals surface area contributed by atoms with E-state index in [9.17, 15) is 9.18 Å². The first-order chi connectivity index (χ1) is 9.47. The Bertz CT molecular complexity index is 662. The fourth-order valence-electron chi connectivity index (χ4n) is 1.49. The molecule has 0 fully saturated rings. The molecule has 2 rings (SSSR count). The van der Waals surface area contributed by atoms with Crippen molar-refractivity contribution >= 4 is 44.9 Å². The third kappa shape index (κ3) is 3.72. The molecule has 0 bridgehead atoms. The van der Waals surface area contributed by atoms with Crippen LogP contribution in [-0.2, 0) is 0 Å². The highest BCUT2D eigenvalue weighted by atomic mass is 79.9. The van der Waals surface area contributed by atoms with Crippen LogP contribution in [0.5, 0.6) is 5.75 Å². The van der Waals surface area contributed by atoms with E-state index in [-0.39, 0.29) is 18.2 Å². The van der Waals surface area contributed by atoms with Crippen LogP contribution in [0.25, 0.3) is 0 Å². The van der Waals surface area contributed by atoms with Gasteiger partial charge >= 0.3 is 0 Å². The summed E-state index contributed by atoms with van der Waals surface area (Å²) in [4.78, 5) is 11.9. The second-order valence-electron chi connectivity index (χ2n) is 3.92. The van der Waals surface area contributed by atoms with E-state index in [0.717, 1.165) is 0 Å². The first-order valence-electron chi connectivity index (χ1n) is 5.53. The molecule has 2 aromatic rings. The Morgan fingerprint density at radius 3 is 2.55 bits per heavy atom. The van der Waals surface area contributed by atoms with Crippen molar-refractivity contribution in [1.82, 2.24) is 0 Å². The van der Waals surface area contributed by atoms with Crippen molar-refractivity contribution in [2.75, 3.05) is 6.61 Å². The van der Waals surface area contributed by atoms with Crippen LogP contribution in [0.4, 0.5) is 4.39 Å². The minimum absolute atomic E-state index is 0.178. The molecule has 0 amide bonds. The summed E-state index contributed by atoms with van der Waals surface area (Å²) in [7, 11) is 0. The minimum Gasteiger partial charge on any atom is -0.484 e. The molecule has 0 atom stereocenters. The number of rotatable bonds is 4.